The fourth-order valence-corrected chi connectivity index (χ4v) is 4.32. The monoisotopic (exact) mass is 391 g/mol. The van der Waals surface area contributed by atoms with Crippen LogP contribution in [0.1, 0.15) is 36.8 Å². The molecule has 0 bridgehead atoms. The van der Waals surface area contributed by atoms with E-state index in [2.05, 4.69) is 22.3 Å². The summed E-state index contributed by atoms with van der Waals surface area (Å²) in [6.07, 6.45) is 4.04. The molecular formula is C24H29N3O2. The van der Waals surface area contributed by atoms with Crippen LogP contribution in [0.15, 0.2) is 42.5 Å². The number of rotatable bonds is 4. The van der Waals surface area contributed by atoms with E-state index in [4.69, 9.17) is 0 Å². The molecule has 2 aliphatic rings. The summed E-state index contributed by atoms with van der Waals surface area (Å²) in [6.45, 7) is 6.64. The molecule has 2 fully saturated rings. The molecular weight excluding hydrogens is 362 g/mol. The molecule has 2 saturated heterocycles. The summed E-state index contributed by atoms with van der Waals surface area (Å²) in [5.41, 5.74) is 5.10. The van der Waals surface area contributed by atoms with E-state index in [-0.39, 0.29) is 24.2 Å². The van der Waals surface area contributed by atoms with Crippen molar-refractivity contribution in [3.8, 4) is 0 Å². The maximum absolute atomic E-state index is 12.7. The van der Waals surface area contributed by atoms with Gasteiger partial charge in [-0.25, -0.2) is 0 Å². The van der Waals surface area contributed by atoms with E-state index >= 15 is 0 Å². The van der Waals surface area contributed by atoms with Gasteiger partial charge in [0.2, 0.25) is 11.8 Å². The van der Waals surface area contributed by atoms with Crippen molar-refractivity contribution in [2.75, 3.05) is 34.8 Å². The summed E-state index contributed by atoms with van der Waals surface area (Å²) < 4.78 is 0. The molecule has 0 aromatic heterocycles. The Hall–Kier alpha value is -2.82. The summed E-state index contributed by atoms with van der Waals surface area (Å²) >= 11 is 0. The van der Waals surface area contributed by atoms with E-state index in [0.29, 0.717) is 6.54 Å². The average Bonchev–Trinajstić information content (AvgIpc) is 3.13. The zero-order valence-electron chi connectivity index (χ0n) is 17.3. The molecule has 29 heavy (non-hydrogen) atoms. The number of carbonyl (C=O) groups is 2. The third-order valence-electron chi connectivity index (χ3n) is 6.02. The van der Waals surface area contributed by atoms with E-state index in [1.54, 1.807) is 4.90 Å². The molecule has 2 aromatic rings. The fraction of sp³-hybridized carbons (Fsp3) is 0.417. The smallest absolute Gasteiger partial charge is 0.229 e. The van der Waals surface area contributed by atoms with Gasteiger partial charge in [-0.05, 0) is 69.0 Å². The Morgan fingerprint density at radius 1 is 0.966 bits per heavy atom. The molecule has 2 aromatic carbocycles. The largest absolute Gasteiger partial charge is 0.372 e. The van der Waals surface area contributed by atoms with Crippen LogP contribution in [0.5, 0.6) is 0 Å². The highest BCUT2D eigenvalue weighted by Crippen LogP contribution is 2.29. The molecule has 5 heteroatoms. The minimum absolute atomic E-state index is 0.0106. The Morgan fingerprint density at radius 3 is 2.34 bits per heavy atom. The highest BCUT2D eigenvalue weighted by atomic mass is 16.2. The molecule has 1 atom stereocenters. The third-order valence-corrected chi connectivity index (χ3v) is 6.02. The van der Waals surface area contributed by atoms with Gasteiger partial charge >= 0.3 is 0 Å². The number of hydrogen-bond acceptors (Lipinski definition) is 3. The van der Waals surface area contributed by atoms with Gasteiger partial charge < -0.3 is 15.1 Å². The lowest BCUT2D eigenvalue weighted by Crippen LogP contribution is -2.30. The predicted molar refractivity (Wildman–Crippen MR) is 118 cm³/mol. The number of amides is 2. The number of piperidine rings is 1. The molecule has 4 rings (SSSR count). The van der Waals surface area contributed by atoms with Crippen LogP contribution in [0.2, 0.25) is 0 Å². The van der Waals surface area contributed by atoms with Gasteiger partial charge in [-0.2, -0.15) is 0 Å². The fourth-order valence-electron chi connectivity index (χ4n) is 4.32. The van der Waals surface area contributed by atoms with Crippen LogP contribution in [0, 0.1) is 19.8 Å². The van der Waals surface area contributed by atoms with Crippen LogP contribution >= 0.6 is 0 Å². The average molecular weight is 392 g/mol. The van der Waals surface area contributed by atoms with Crippen molar-refractivity contribution < 1.29 is 9.59 Å². The van der Waals surface area contributed by atoms with Gasteiger partial charge in [0.15, 0.2) is 0 Å². The number of hydrogen-bond donors (Lipinski definition) is 1. The maximum Gasteiger partial charge on any atom is 0.229 e. The number of anilines is 3. The number of benzene rings is 2. The van der Waals surface area contributed by atoms with E-state index in [1.807, 2.05) is 44.2 Å². The lowest BCUT2D eigenvalue weighted by molar-refractivity contribution is -0.122. The molecule has 5 nitrogen and oxygen atoms in total. The molecule has 152 valence electrons. The lowest BCUT2D eigenvalue weighted by Gasteiger charge is -2.29. The lowest BCUT2D eigenvalue weighted by atomic mass is 10.1. The molecule has 0 spiro atoms. The Kier molecular flexibility index (Phi) is 5.56. The molecule has 1 unspecified atom stereocenters. The maximum atomic E-state index is 12.7. The van der Waals surface area contributed by atoms with Gasteiger partial charge in [0.05, 0.1) is 5.92 Å². The predicted octanol–water partition coefficient (Wildman–Crippen LogP) is 4.29. The van der Waals surface area contributed by atoms with Gasteiger partial charge in [-0.1, -0.05) is 17.7 Å². The van der Waals surface area contributed by atoms with Crippen molar-refractivity contribution in [1.29, 1.82) is 0 Å². The minimum Gasteiger partial charge on any atom is -0.372 e. The highest BCUT2D eigenvalue weighted by Gasteiger charge is 2.35. The molecule has 1 N–H and O–H groups in total. The number of nitrogens with zero attached hydrogens (tertiary/aromatic N) is 2. The van der Waals surface area contributed by atoms with Gasteiger partial charge in [-0.3, -0.25) is 9.59 Å². The van der Waals surface area contributed by atoms with Crippen LogP contribution in [0.3, 0.4) is 0 Å². The van der Waals surface area contributed by atoms with E-state index in [9.17, 15) is 9.59 Å². The summed E-state index contributed by atoms with van der Waals surface area (Å²) in [5, 5.41) is 3.00. The Bertz CT molecular complexity index is 901. The van der Waals surface area contributed by atoms with Crippen LogP contribution in [0.4, 0.5) is 17.1 Å². The van der Waals surface area contributed by atoms with Gasteiger partial charge in [0, 0.05) is 43.1 Å². The zero-order chi connectivity index (χ0) is 20.4. The van der Waals surface area contributed by atoms with Gasteiger partial charge in [-0.15, -0.1) is 0 Å². The SMILES string of the molecule is Cc1ccc(NC(=O)C2CC(=O)N(c3ccc(N4CCCCC4)cc3)C2)c(C)c1. The first-order valence-electron chi connectivity index (χ1n) is 10.5. The van der Waals surface area contributed by atoms with Gasteiger partial charge in [0.25, 0.3) is 0 Å². The molecule has 2 aliphatic heterocycles. The minimum atomic E-state index is -0.329. The summed E-state index contributed by atoms with van der Waals surface area (Å²) in [6, 6.07) is 14.2. The Morgan fingerprint density at radius 2 is 1.66 bits per heavy atom. The molecule has 0 radical (unpaired) electrons. The zero-order valence-corrected chi connectivity index (χ0v) is 17.3. The van der Waals surface area contributed by atoms with Crippen molar-refractivity contribution in [3.63, 3.8) is 0 Å². The van der Waals surface area contributed by atoms with Crippen LogP contribution in [0.25, 0.3) is 0 Å². The van der Waals surface area contributed by atoms with Crippen molar-refractivity contribution in [1.82, 2.24) is 0 Å². The first-order chi connectivity index (χ1) is 14.0. The van der Waals surface area contributed by atoms with Crippen LogP contribution in [-0.2, 0) is 9.59 Å². The second-order valence-electron chi connectivity index (χ2n) is 8.28. The second kappa shape index (κ2) is 8.27. The van der Waals surface area contributed by atoms with Crippen molar-refractivity contribution in [2.24, 2.45) is 5.92 Å². The van der Waals surface area contributed by atoms with E-state index < -0.39 is 0 Å². The quantitative estimate of drug-likeness (QED) is 0.846. The topological polar surface area (TPSA) is 52.7 Å². The normalized spacial score (nSPS) is 19.5. The van der Waals surface area contributed by atoms with E-state index in [1.165, 1.54) is 24.9 Å². The number of aryl methyl sites for hydroxylation is 2. The van der Waals surface area contributed by atoms with Crippen molar-refractivity contribution >= 4 is 28.9 Å². The van der Waals surface area contributed by atoms with E-state index in [0.717, 1.165) is 35.6 Å². The van der Waals surface area contributed by atoms with Gasteiger partial charge in [0.1, 0.15) is 0 Å². The van der Waals surface area contributed by atoms with Crippen molar-refractivity contribution in [2.45, 2.75) is 39.5 Å². The summed E-state index contributed by atoms with van der Waals surface area (Å²) in [4.78, 5) is 29.5. The summed E-state index contributed by atoms with van der Waals surface area (Å²) in [5.74, 6) is -0.404. The molecule has 2 heterocycles. The Labute approximate surface area is 172 Å². The first kappa shape index (κ1) is 19.5. The second-order valence-corrected chi connectivity index (χ2v) is 8.28. The van der Waals surface area contributed by atoms with Crippen LogP contribution in [-0.4, -0.2) is 31.4 Å². The standard InChI is InChI=1S/C24H29N3O2/c1-17-6-11-22(18(2)14-17)25-24(29)19-15-23(28)27(16-19)21-9-7-20(8-10-21)26-12-4-3-5-13-26/h6-11,14,19H,3-5,12-13,15-16H2,1-2H3,(H,25,29). The number of carbonyl (C=O) groups excluding carboxylic acids is 2. The summed E-state index contributed by atoms with van der Waals surface area (Å²) in [7, 11) is 0. The first-order valence-corrected chi connectivity index (χ1v) is 10.5. The Balaban J connectivity index is 1.41. The molecule has 0 saturated carbocycles. The molecule has 2 amide bonds. The van der Waals surface area contributed by atoms with Crippen LogP contribution < -0.4 is 15.1 Å². The third kappa shape index (κ3) is 4.29. The van der Waals surface area contributed by atoms with Crippen molar-refractivity contribution in [3.05, 3.63) is 53.6 Å². The molecule has 0 aliphatic carbocycles. The number of nitrogens with one attached hydrogen (secondary N) is 1. The highest BCUT2D eigenvalue weighted by molar-refractivity contribution is 6.03.